The predicted molar refractivity (Wildman–Crippen MR) is 83.9 cm³/mol. The van der Waals surface area contributed by atoms with Crippen molar-refractivity contribution in [2.24, 2.45) is 23.7 Å². The van der Waals surface area contributed by atoms with Gasteiger partial charge in [0.05, 0.1) is 0 Å². The van der Waals surface area contributed by atoms with E-state index >= 15 is 0 Å². The van der Waals surface area contributed by atoms with Crippen LogP contribution < -0.4 is 5.32 Å². The van der Waals surface area contributed by atoms with E-state index in [1.807, 2.05) is 0 Å². The van der Waals surface area contributed by atoms with E-state index in [4.69, 9.17) is 0 Å². The number of piperidine rings is 1. The maximum atomic E-state index is 3.51. The van der Waals surface area contributed by atoms with Crippen LogP contribution in [0.25, 0.3) is 0 Å². The number of hydrogen-bond acceptors (Lipinski definition) is 2. The molecule has 0 aromatic carbocycles. The number of hydrogen-bond donors (Lipinski definition) is 1. The minimum Gasteiger partial charge on any atom is -0.317 e. The van der Waals surface area contributed by atoms with Crippen molar-refractivity contribution in [3.8, 4) is 0 Å². The van der Waals surface area contributed by atoms with E-state index in [0.29, 0.717) is 0 Å². The number of nitrogens with zero attached hydrogens (tertiary/aromatic N) is 1. The van der Waals surface area contributed by atoms with E-state index in [9.17, 15) is 0 Å². The molecule has 0 spiro atoms. The molecule has 3 unspecified atom stereocenters. The fourth-order valence-electron chi connectivity index (χ4n) is 4.65. The minimum absolute atomic E-state index is 0. The Morgan fingerprint density at radius 3 is 2.42 bits per heavy atom. The minimum atomic E-state index is 0. The van der Waals surface area contributed by atoms with Crippen LogP contribution in [0.1, 0.15) is 45.4 Å². The van der Waals surface area contributed by atoms with E-state index in [0.717, 1.165) is 30.2 Å². The standard InChI is InChI=1S/C16H30N2.ClH/c1-2-17-11-13-5-7-18(8-6-13)12-16-10-14-3-4-15(16)9-14;/h13-17H,2-12H2,1H3;1H. The van der Waals surface area contributed by atoms with Gasteiger partial charge in [-0.15, -0.1) is 12.4 Å². The van der Waals surface area contributed by atoms with Crippen LogP contribution in [0.3, 0.4) is 0 Å². The summed E-state index contributed by atoms with van der Waals surface area (Å²) in [5, 5.41) is 3.51. The lowest BCUT2D eigenvalue weighted by Gasteiger charge is -2.35. The molecule has 19 heavy (non-hydrogen) atoms. The topological polar surface area (TPSA) is 15.3 Å². The second-order valence-electron chi connectivity index (χ2n) is 6.99. The lowest BCUT2D eigenvalue weighted by molar-refractivity contribution is 0.139. The zero-order chi connectivity index (χ0) is 12.4. The lowest BCUT2D eigenvalue weighted by atomic mass is 9.87. The molecule has 3 rings (SSSR count). The van der Waals surface area contributed by atoms with Crippen molar-refractivity contribution >= 4 is 12.4 Å². The number of nitrogens with one attached hydrogen (secondary N) is 1. The molecule has 0 aromatic rings. The molecule has 2 saturated carbocycles. The van der Waals surface area contributed by atoms with Gasteiger partial charge in [-0.25, -0.2) is 0 Å². The Kier molecular flexibility index (Phi) is 5.98. The zero-order valence-corrected chi connectivity index (χ0v) is 13.3. The molecule has 2 bridgehead atoms. The molecular formula is C16H31ClN2. The third kappa shape index (κ3) is 3.86. The average molecular weight is 287 g/mol. The summed E-state index contributed by atoms with van der Waals surface area (Å²) in [6, 6.07) is 0. The maximum Gasteiger partial charge on any atom is 0.00124 e. The van der Waals surface area contributed by atoms with Crippen LogP contribution in [0.4, 0.5) is 0 Å². The van der Waals surface area contributed by atoms with E-state index in [2.05, 4.69) is 17.1 Å². The Morgan fingerprint density at radius 2 is 1.84 bits per heavy atom. The molecule has 0 amide bonds. The smallest absolute Gasteiger partial charge is 0.00124 e. The summed E-state index contributed by atoms with van der Waals surface area (Å²) in [5.41, 5.74) is 0. The first kappa shape index (κ1) is 15.6. The molecule has 1 saturated heterocycles. The van der Waals surface area contributed by atoms with Crippen LogP contribution in [0.5, 0.6) is 0 Å². The Labute approximate surface area is 125 Å². The summed E-state index contributed by atoms with van der Waals surface area (Å²) in [7, 11) is 0. The Balaban J connectivity index is 0.00000133. The fraction of sp³-hybridized carbons (Fsp3) is 1.00. The Hall–Kier alpha value is 0.210. The van der Waals surface area contributed by atoms with Crippen molar-refractivity contribution in [1.29, 1.82) is 0 Å². The molecule has 2 aliphatic carbocycles. The summed E-state index contributed by atoms with van der Waals surface area (Å²) in [5.74, 6) is 4.23. The van der Waals surface area contributed by atoms with E-state index in [1.165, 1.54) is 39.0 Å². The number of likely N-dealkylation sites (tertiary alicyclic amines) is 1. The third-order valence-corrected chi connectivity index (χ3v) is 5.77. The van der Waals surface area contributed by atoms with Gasteiger partial charge in [0.25, 0.3) is 0 Å². The molecule has 1 heterocycles. The summed E-state index contributed by atoms with van der Waals surface area (Å²) < 4.78 is 0. The second-order valence-corrected chi connectivity index (χ2v) is 6.99. The van der Waals surface area contributed by atoms with E-state index in [-0.39, 0.29) is 12.4 Å². The van der Waals surface area contributed by atoms with Crippen LogP contribution in [0.2, 0.25) is 0 Å². The van der Waals surface area contributed by atoms with Crippen LogP contribution in [0.15, 0.2) is 0 Å². The lowest BCUT2D eigenvalue weighted by Crippen LogP contribution is -2.40. The largest absolute Gasteiger partial charge is 0.317 e. The van der Waals surface area contributed by atoms with Gasteiger partial charge in [0.2, 0.25) is 0 Å². The molecule has 0 radical (unpaired) electrons. The zero-order valence-electron chi connectivity index (χ0n) is 12.4. The molecule has 112 valence electrons. The SMILES string of the molecule is CCNCC1CCN(CC2CC3CCC2C3)CC1.Cl. The van der Waals surface area contributed by atoms with Gasteiger partial charge in [0.1, 0.15) is 0 Å². The van der Waals surface area contributed by atoms with Gasteiger partial charge in [0, 0.05) is 6.54 Å². The number of fused-ring (bicyclic) bond motifs is 2. The molecule has 3 fully saturated rings. The number of rotatable bonds is 5. The van der Waals surface area contributed by atoms with Crippen LogP contribution in [-0.4, -0.2) is 37.6 Å². The van der Waals surface area contributed by atoms with Gasteiger partial charge in [-0.1, -0.05) is 13.3 Å². The summed E-state index contributed by atoms with van der Waals surface area (Å²) >= 11 is 0. The summed E-state index contributed by atoms with van der Waals surface area (Å²) in [6.07, 6.45) is 9.07. The third-order valence-electron chi connectivity index (χ3n) is 5.77. The summed E-state index contributed by atoms with van der Waals surface area (Å²) in [6.45, 7) is 8.75. The molecule has 3 heteroatoms. The van der Waals surface area contributed by atoms with Crippen molar-refractivity contribution in [3.63, 3.8) is 0 Å². The highest BCUT2D eigenvalue weighted by Gasteiger charge is 2.40. The van der Waals surface area contributed by atoms with E-state index in [1.54, 1.807) is 25.7 Å². The molecule has 1 aliphatic heterocycles. The molecule has 1 N–H and O–H groups in total. The second kappa shape index (κ2) is 7.28. The van der Waals surface area contributed by atoms with Gasteiger partial charge < -0.3 is 10.2 Å². The summed E-state index contributed by atoms with van der Waals surface area (Å²) in [4.78, 5) is 2.77. The number of halogens is 1. The van der Waals surface area contributed by atoms with Gasteiger partial charge in [-0.2, -0.15) is 0 Å². The van der Waals surface area contributed by atoms with Crippen molar-refractivity contribution in [2.45, 2.75) is 45.4 Å². The first-order valence-corrected chi connectivity index (χ1v) is 8.28. The maximum absolute atomic E-state index is 3.51. The molecule has 3 atom stereocenters. The average Bonchev–Trinajstić information content (AvgIpc) is 3.00. The highest BCUT2D eigenvalue weighted by Crippen LogP contribution is 2.48. The molecular weight excluding hydrogens is 256 g/mol. The van der Waals surface area contributed by atoms with Gasteiger partial charge in [-0.3, -0.25) is 0 Å². The Bertz CT molecular complexity index is 263. The Morgan fingerprint density at radius 1 is 1.05 bits per heavy atom. The van der Waals surface area contributed by atoms with Gasteiger partial charge in [0.15, 0.2) is 0 Å². The quantitative estimate of drug-likeness (QED) is 0.835. The fourth-order valence-corrected chi connectivity index (χ4v) is 4.65. The molecule has 3 aliphatic rings. The first-order chi connectivity index (χ1) is 8.85. The normalized spacial score (nSPS) is 35.5. The highest BCUT2D eigenvalue weighted by atomic mass is 35.5. The highest BCUT2D eigenvalue weighted by molar-refractivity contribution is 5.85. The monoisotopic (exact) mass is 286 g/mol. The molecule has 0 aromatic heterocycles. The van der Waals surface area contributed by atoms with Gasteiger partial charge in [-0.05, 0) is 82.0 Å². The van der Waals surface area contributed by atoms with Gasteiger partial charge >= 0.3 is 0 Å². The van der Waals surface area contributed by atoms with Crippen molar-refractivity contribution in [3.05, 3.63) is 0 Å². The van der Waals surface area contributed by atoms with Crippen LogP contribution in [-0.2, 0) is 0 Å². The predicted octanol–water partition coefficient (Wildman–Crippen LogP) is 3.17. The van der Waals surface area contributed by atoms with E-state index < -0.39 is 0 Å². The van der Waals surface area contributed by atoms with Crippen LogP contribution >= 0.6 is 12.4 Å². The molecule has 2 nitrogen and oxygen atoms in total. The van der Waals surface area contributed by atoms with Crippen molar-refractivity contribution < 1.29 is 0 Å². The van der Waals surface area contributed by atoms with Crippen molar-refractivity contribution in [1.82, 2.24) is 10.2 Å². The van der Waals surface area contributed by atoms with Crippen molar-refractivity contribution in [2.75, 3.05) is 32.7 Å². The first-order valence-electron chi connectivity index (χ1n) is 8.28. The van der Waals surface area contributed by atoms with Crippen LogP contribution in [0, 0.1) is 23.7 Å².